The molecule has 3 rings (SSSR count). The van der Waals surface area contributed by atoms with Crippen molar-refractivity contribution in [3.8, 4) is 28.7 Å². The second kappa shape index (κ2) is 19.6. The Bertz CT molecular complexity index is 1380. The van der Waals surface area contributed by atoms with E-state index in [0.717, 1.165) is 61.8 Å². The summed E-state index contributed by atoms with van der Waals surface area (Å²) < 4.78 is 21.8. The average molecular weight is 614 g/mol. The van der Waals surface area contributed by atoms with Crippen molar-refractivity contribution in [2.45, 2.75) is 84.2 Å². The topological polar surface area (TPSA) is 112 Å². The standard InChI is InChI=1S/C37H43NO7/c1-3-4-5-8-11-28(2)44-36(40)32-18-22-34(23-19-32)45-37(41)31-14-12-29(13-15-31)30-16-20-33(21-17-30)42-26-9-6-7-10-27-43-35(39)24-25-38/h12-23,28H,3-11,24,26-27H2,1-2H3/t28-/m0/s1. The SMILES string of the molecule is CCCCCC[C@H](C)OC(=O)c1ccc(OC(=O)c2ccc(-c3ccc(OCCCCCCOC(=O)CC#N)cc3)cc2)cc1. The highest BCUT2D eigenvalue weighted by atomic mass is 16.5. The van der Waals surface area contributed by atoms with Gasteiger partial charge in [-0.15, -0.1) is 0 Å². The lowest BCUT2D eigenvalue weighted by molar-refractivity contribution is -0.142. The molecule has 0 fully saturated rings. The average Bonchev–Trinajstić information content (AvgIpc) is 3.05. The predicted octanol–water partition coefficient (Wildman–Crippen LogP) is 8.48. The molecule has 8 nitrogen and oxygen atoms in total. The fraction of sp³-hybridized carbons (Fsp3) is 0.405. The highest BCUT2D eigenvalue weighted by Gasteiger charge is 2.14. The first kappa shape index (κ1) is 34.8. The molecule has 0 aliphatic carbocycles. The smallest absolute Gasteiger partial charge is 0.343 e. The number of unbranched alkanes of at least 4 members (excludes halogenated alkanes) is 6. The van der Waals surface area contributed by atoms with E-state index in [4.69, 9.17) is 24.2 Å². The van der Waals surface area contributed by atoms with Gasteiger partial charge in [-0.2, -0.15) is 5.26 Å². The Morgan fingerprint density at radius 2 is 1.24 bits per heavy atom. The van der Waals surface area contributed by atoms with Crippen molar-refractivity contribution < 1.29 is 33.3 Å². The Labute approximate surface area is 266 Å². The Balaban J connectivity index is 1.38. The summed E-state index contributed by atoms with van der Waals surface area (Å²) in [5, 5.41) is 8.44. The molecule has 0 radical (unpaired) electrons. The van der Waals surface area contributed by atoms with E-state index in [0.29, 0.717) is 30.1 Å². The molecular formula is C37H43NO7. The maximum atomic E-state index is 12.7. The number of ether oxygens (including phenoxy) is 4. The van der Waals surface area contributed by atoms with E-state index < -0.39 is 11.9 Å². The van der Waals surface area contributed by atoms with Crippen LogP contribution in [0.4, 0.5) is 0 Å². The van der Waals surface area contributed by atoms with Gasteiger partial charge in [0.25, 0.3) is 0 Å². The molecule has 0 aliphatic rings. The largest absolute Gasteiger partial charge is 0.494 e. The third kappa shape index (κ3) is 12.9. The lowest BCUT2D eigenvalue weighted by atomic mass is 10.0. The van der Waals surface area contributed by atoms with Crippen LogP contribution in [0.25, 0.3) is 11.1 Å². The summed E-state index contributed by atoms with van der Waals surface area (Å²) in [6.45, 7) is 5.01. The van der Waals surface area contributed by atoms with Gasteiger partial charge in [0.1, 0.15) is 17.9 Å². The predicted molar refractivity (Wildman–Crippen MR) is 172 cm³/mol. The summed E-state index contributed by atoms with van der Waals surface area (Å²) in [6, 6.07) is 23.1. The fourth-order valence-electron chi connectivity index (χ4n) is 4.58. The van der Waals surface area contributed by atoms with Crippen LogP contribution < -0.4 is 9.47 Å². The lowest BCUT2D eigenvalue weighted by Gasteiger charge is -2.13. The molecule has 0 unspecified atom stereocenters. The highest BCUT2D eigenvalue weighted by Crippen LogP contribution is 2.24. The highest BCUT2D eigenvalue weighted by molar-refractivity contribution is 5.92. The van der Waals surface area contributed by atoms with Gasteiger partial charge in [-0.3, -0.25) is 4.79 Å². The summed E-state index contributed by atoms with van der Waals surface area (Å²) in [6.07, 6.45) is 8.58. The maximum absolute atomic E-state index is 12.7. The van der Waals surface area contributed by atoms with Crippen LogP contribution in [0, 0.1) is 11.3 Å². The molecule has 0 heterocycles. The molecule has 3 aromatic carbocycles. The van der Waals surface area contributed by atoms with Crippen LogP contribution in [0.5, 0.6) is 11.5 Å². The van der Waals surface area contributed by atoms with E-state index in [9.17, 15) is 14.4 Å². The van der Waals surface area contributed by atoms with Crippen LogP contribution in [-0.2, 0) is 14.3 Å². The van der Waals surface area contributed by atoms with Crippen LogP contribution in [0.3, 0.4) is 0 Å². The molecule has 0 aromatic heterocycles. The second-order valence-electron chi connectivity index (χ2n) is 10.9. The Hall–Kier alpha value is -4.64. The van der Waals surface area contributed by atoms with Gasteiger partial charge in [0.2, 0.25) is 0 Å². The number of nitrogens with zero attached hydrogens (tertiary/aromatic N) is 1. The zero-order chi connectivity index (χ0) is 32.3. The summed E-state index contributed by atoms with van der Waals surface area (Å²) in [5.74, 6) is -0.211. The third-order valence-electron chi connectivity index (χ3n) is 7.18. The second-order valence-corrected chi connectivity index (χ2v) is 10.9. The molecule has 0 saturated carbocycles. The number of benzene rings is 3. The molecule has 1 atom stereocenters. The summed E-state index contributed by atoms with van der Waals surface area (Å²) >= 11 is 0. The Kier molecular flexibility index (Phi) is 15.2. The van der Waals surface area contributed by atoms with Crippen molar-refractivity contribution in [1.82, 2.24) is 0 Å². The first-order valence-electron chi connectivity index (χ1n) is 15.8. The van der Waals surface area contributed by atoms with E-state index in [1.807, 2.05) is 43.3 Å². The first-order chi connectivity index (χ1) is 21.9. The van der Waals surface area contributed by atoms with Crippen molar-refractivity contribution in [3.05, 3.63) is 83.9 Å². The van der Waals surface area contributed by atoms with Gasteiger partial charge in [-0.25, -0.2) is 9.59 Å². The van der Waals surface area contributed by atoms with E-state index in [1.165, 1.54) is 12.8 Å². The van der Waals surface area contributed by atoms with Crippen molar-refractivity contribution in [1.29, 1.82) is 5.26 Å². The van der Waals surface area contributed by atoms with Gasteiger partial charge in [0, 0.05) is 0 Å². The van der Waals surface area contributed by atoms with Gasteiger partial charge in [-0.05, 0) is 105 Å². The number of hydrogen-bond donors (Lipinski definition) is 0. The minimum atomic E-state index is -0.485. The zero-order valence-electron chi connectivity index (χ0n) is 26.3. The number of rotatable bonds is 19. The van der Waals surface area contributed by atoms with Crippen LogP contribution >= 0.6 is 0 Å². The van der Waals surface area contributed by atoms with E-state index in [-0.39, 0.29) is 18.5 Å². The molecule has 0 amide bonds. The summed E-state index contributed by atoms with van der Waals surface area (Å²) in [4.78, 5) is 36.3. The van der Waals surface area contributed by atoms with Crippen LogP contribution in [0.2, 0.25) is 0 Å². The normalized spacial score (nSPS) is 11.2. The minimum Gasteiger partial charge on any atom is -0.494 e. The molecule has 0 N–H and O–H groups in total. The monoisotopic (exact) mass is 613 g/mol. The van der Waals surface area contributed by atoms with Gasteiger partial charge >= 0.3 is 17.9 Å². The third-order valence-corrected chi connectivity index (χ3v) is 7.18. The molecule has 0 aliphatic heterocycles. The molecule has 3 aromatic rings. The lowest BCUT2D eigenvalue weighted by Crippen LogP contribution is -2.15. The number of carbonyl (C=O) groups is 3. The van der Waals surface area contributed by atoms with Crippen molar-refractivity contribution in [3.63, 3.8) is 0 Å². The molecule has 8 heteroatoms. The minimum absolute atomic E-state index is 0.142. The molecule has 45 heavy (non-hydrogen) atoms. The Morgan fingerprint density at radius 3 is 1.89 bits per heavy atom. The zero-order valence-corrected chi connectivity index (χ0v) is 26.3. The first-order valence-corrected chi connectivity index (χ1v) is 15.8. The summed E-state index contributed by atoms with van der Waals surface area (Å²) in [5.41, 5.74) is 2.78. The molecule has 0 saturated heterocycles. The van der Waals surface area contributed by atoms with Crippen molar-refractivity contribution in [2.75, 3.05) is 13.2 Å². The van der Waals surface area contributed by atoms with Gasteiger partial charge < -0.3 is 18.9 Å². The number of carbonyl (C=O) groups excluding carboxylic acids is 3. The molecular weight excluding hydrogens is 570 g/mol. The Morgan fingerprint density at radius 1 is 0.689 bits per heavy atom. The number of hydrogen-bond acceptors (Lipinski definition) is 8. The van der Waals surface area contributed by atoms with E-state index >= 15 is 0 Å². The van der Waals surface area contributed by atoms with Crippen LogP contribution in [0.15, 0.2) is 72.8 Å². The van der Waals surface area contributed by atoms with Gasteiger partial charge in [0.05, 0.1) is 36.5 Å². The van der Waals surface area contributed by atoms with Crippen LogP contribution in [0.1, 0.15) is 98.8 Å². The van der Waals surface area contributed by atoms with E-state index in [1.54, 1.807) is 42.5 Å². The number of esters is 3. The molecule has 238 valence electrons. The molecule has 0 bridgehead atoms. The van der Waals surface area contributed by atoms with E-state index in [2.05, 4.69) is 6.92 Å². The van der Waals surface area contributed by atoms with Crippen molar-refractivity contribution in [2.24, 2.45) is 0 Å². The fourth-order valence-corrected chi connectivity index (χ4v) is 4.58. The van der Waals surface area contributed by atoms with Crippen LogP contribution in [-0.4, -0.2) is 37.2 Å². The van der Waals surface area contributed by atoms with Gasteiger partial charge in [-0.1, -0.05) is 50.5 Å². The number of nitriles is 1. The summed E-state index contributed by atoms with van der Waals surface area (Å²) in [7, 11) is 0. The van der Waals surface area contributed by atoms with Crippen molar-refractivity contribution >= 4 is 17.9 Å². The van der Waals surface area contributed by atoms with Gasteiger partial charge in [0.15, 0.2) is 0 Å². The maximum Gasteiger partial charge on any atom is 0.343 e. The molecule has 0 spiro atoms. The quantitative estimate of drug-likeness (QED) is 0.0752.